The van der Waals surface area contributed by atoms with Gasteiger partial charge >= 0.3 is 0 Å². The summed E-state index contributed by atoms with van der Waals surface area (Å²) in [6, 6.07) is 19.7. The zero-order valence-corrected chi connectivity index (χ0v) is 20.3. The summed E-state index contributed by atoms with van der Waals surface area (Å²) in [7, 11) is 0. The fourth-order valence-electron chi connectivity index (χ4n) is 2.55. The summed E-state index contributed by atoms with van der Waals surface area (Å²) in [6.45, 7) is 1.84. The van der Waals surface area contributed by atoms with Gasteiger partial charge in [-0.3, -0.25) is 9.59 Å². The second kappa shape index (κ2) is 10.5. The normalized spacial score (nSPS) is 11.6. The standard InChI is InChI=1S/C22H17Cl2IN2O2S/c1-13(21(28)26-16-8-6-15(25)7-9-16)30-18-4-2-3-17(12-18)27-22(29)19-10-5-14(23)11-20(19)24/h2-13H,1H3,(H,26,28)(H,27,29). The van der Waals surface area contributed by atoms with Gasteiger partial charge in [0.25, 0.3) is 5.91 Å². The Balaban J connectivity index is 1.63. The quantitative estimate of drug-likeness (QED) is 0.248. The molecule has 0 saturated heterocycles. The number of anilines is 2. The smallest absolute Gasteiger partial charge is 0.257 e. The highest BCUT2D eigenvalue weighted by atomic mass is 127. The van der Waals surface area contributed by atoms with E-state index in [9.17, 15) is 9.59 Å². The largest absolute Gasteiger partial charge is 0.325 e. The molecule has 0 aliphatic heterocycles. The summed E-state index contributed by atoms with van der Waals surface area (Å²) >= 11 is 15.6. The van der Waals surface area contributed by atoms with Crippen molar-refractivity contribution in [3.8, 4) is 0 Å². The van der Waals surface area contributed by atoms with Crippen molar-refractivity contribution >= 4 is 80.7 Å². The molecule has 4 nitrogen and oxygen atoms in total. The summed E-state index contributed by atoms with van der Waals surface area (Å²) < 4.78 is 1.10. The maximum absolute atomic E-state index is 12.5. The molecular weight excluding hydrogens is 554 g/mol. The van der Waals surface area contributed by atoms with Crippen LogP contribution in [0.1, 0.15) is 17.3 Å². The van der Waals surface area contributed by atoms with E-state index in [1.807, 2.05) is 49.4 Å². The van der Waals surface area contributed by atoms with E-state index in [0.29, 0.717) is 16.3 Å². The number of thioether (sulfide) groups is 1. The van der Waals surface area contributed by atoms with E-state index in [-0.39, 0.29) is 22.1 Å². The lowest BCUT2D eigenvalue weighted by Gasteiger charge is -2.13. The van der Waals surface area contributed by atoms with E-state index in [2.05, 4.69) is 33.2 Å². The zero-order chi connectivity index (χ0) is 21.7. The predicted octanol–water partition coefficient (Wildman–Crippen LogP) is 6.97. The van der Waals surface area contributed by atoms with Gasteiger partial charge in [-0.05, 0) is 90.2 Å². The van der Waals surface area contributed by atoms with Crippen LogP contribution >= 0.6 is 57.6 Å². The van der Waals surface area contributed by atoms with E-state index in [1.54, 1.807) is 18.2 Å². The van der Waals surface area contributed by atoms with Crippen LogP contribution < -0.4 is 10.6 Å². The fourth-order valence-corrected chi connectivity index (χ4v) is 4.33. The molecule has 0 bridgehead atoms. The second-order valence-electron chi connectivity index (χ2n) is 6.36. The number of hydrogen-bond donors (Lipinski definition) is 2. The Morgan fingerprint density at radius 1 is 0.933 bits per heavy atom. The Labute approximate surface area is 202 Å². The Bertz CT molecular complexity index is 1080. The van der Waals surface area contributed by atoms with Crippen molar-refractivity contribution in [2.45, 2.75) is 17.1 Å². The Kier molecular flexibility index (Phi) is 8.05. The number of carbonyl (C=O) groups is 2. The summed E-state index contributed by atoms with van der Waals surface area (Å²) in [5.74, 6) is -0.424. The van der Waals surface area contributed by atoms with Crippen molar-refractivity contribution in [1.29, 1.82) is 0 Å². The van der Waals surface area contributed by atoms with Crippen molar-refractivity contribution in [1.82, 2.24) is 0 Å². The topological polar surface area (TPSA) is 58.2 Å². The van der Waals surface area contributed by atoms with Crippen molar-refractivity contribution < 1.29 is 9.59 Å². The highest BCUT2D eigenvalue weighted by Crippen LogP contribution is 2.28. The van der Waals surface area contributed by atoms with Gasteiger partial charge in [0, 0.05) is 24.9 Å². The molecule has 0 aliphatic carbocycles. The molecular formula is C22H17Cl2IN2O2S. The lowest BCUT2D eigenvalue weighted by atomic mass is 10.2. The monoisotopic (exact) mass is 570 g/mol. The minimum atomic E-state index is -0.330. The third kappa shape index (κ3) is 6.38. The van der Waals surface area contributed by atoms with Gasteiger partial charge in [-0.15, -0.1) is 11.8 Å². The van der Waals surface area contributed by atoms with E-state index < -0.39 is 0 Å². The molecule has 3 rings (SSSR count). The van der Waals surface area contributed by atoms with Crippen LogP contribution in [-0.4, -0.2) is 17.1 Å². The molecule has 1 atom stereocenters. The van der Waals surface area contributed by atoms with Crippen LogP contribution in [0.3, 0.4) is 0 Å². The third-order valence-electron chi connectivity index (χ3n) is 4.06. The molecule has 3 aromatic rings. The van der Waals surface area contributed by atoms with Crippen molar-refractivity contribution in [3.05, 3.63) is 85.9 Å². The fraction of sp³-hybridized carbons (Fsp3) is 0.0909. The van der Waals surface area contributed by atoms with Gasteiger partial charge in [0.15, 0.2) is 0 Å². The zero-order valence-electron chi connectivity index (χ0n) is 15.8. The van der Waals surface area contributed by atoms with E-state index in [0.717, 1.165) is 14.2 Å². The molecule has 30 heavy (non-hydrogen) atoms. The van der Waals surface area contributed by atoms with Crippen LogP contribution in [0.25, 0.3) is 0 Å². The maximum Gasteiger partial charge on any atom is 0.257 e. The summed E-state index contributed by atoms with van der Waals surface area (Å²) in [5, 5.41) is 6.17. The van der Waals surface area contributed by atoms with Gasteiger partial charge in [-0.25, -0.2) is 0 Å². The molecule has 8 heteroatoms. The van der Waals surface area contributed by atoms with Crippen molar-refractivity contribution in [3.63, 3.8) is 0 Å². The molecule has 2 amide bonds. The van der Waals surface area contributed by atoms with Gasteiger partial charge in [0.2, 0.25) is 5.91 Å². The van der Waals surface area contributed by atoms with E-state index >= 15 is 0 Å². The van der Waals surface area contributed by atoms with Crippen molar-refractivity contribution in [2.24, 2.45) is 0 Å². The number of nitrogens with one attached hydrogen (secondary N) is 2. The van der Waals surface area contributed by atoms with Crippen molar-refractivity contribution in [2.75, 3.05) is 10.6 Å². The van der Waals surface area contributed by atoms with E-state index in [1.165, 1.54) is 17.8 Å². The molecule has 2 N–H and O–H groups in total. The summed E-state index contributed by atoms with van der Waals surface area (Å²) in [5.41, 5.74) is 1.71. The Hall–Kier alpha value is -1.74. The lowest BCUT2D eigenvalue weighted by molar-refractivity contribution is -0.115. The van der Waals surface area contributed by atoms with Crippen LogP contribution in [-0.2, 0) is 4.79 Å². The molecule has 0 aliphatic rings. The molecule has 0 aromatic heterocycles. The van der Waals surface area contributed by atoms with Crippen LogP contribution in [0.2, 0.25) is 10.0 Å². The average molecular weight is 571 g/mol. The van der Waals surface area contributed by atoms with Gasteiger partial charge in [-0.2, -0.15) is 0 Å². The maximum atomic E-state index is 12.5. The van der Waals surface area contributed by atoms with Gasteiger partial charge in [0.05, 0.1) is 15.8 Å². The number of rotatable bonds is 6. The van der Waals surface area contributed by atoms with Crippen LogP contribution in [0.15, 0.2) is 71.6 Å². The Morgan fingerprint density at radius 2 is 1.67 bits per heavy atom. The van der Waals surface area contributed by atoms with E-state index in [4.69, 9.17) is 23.2 Å². The molecule has 0 spiro atoms. The molecule has 1 unspecified atom stereocenters. The molecule has 0 fully saturated rings. The molecule has 3 aromatic carbocycles. The second-order valence-corrected chi connectivity index (χ2v) is 9.87. The summed E-state index contributed by atoms with van der Waals surface area (Å²) in [4.78, 5) is 25.9. The van der Waals surface area contributed by atoms with Gasteiger partial charge < -0.3 is 10.6 Å². The minimum Gasteiger partial charge on any atom is -0.325 e. The van der Waals surface area contributed by atoms with Crippen LogP contribution in [0.5, 0.6) is 0 Å². The number of benzene rings is 3. The number of carbonyl (C=O) groups excluding carboxylic acids is 2. The molecule has 0 heterocycles. The van der Waals surface area contributed by atoms with Crippen LogP contribution in [0.4, 0.5) is 11.4 Å². The first-order valence-electron chi connectivity index (χ1n) is 8.91. The first-order valence-corrected chi connectivity index (χ1v) is 11.6. The number of amides is 2. The van der Waals surface area contributed by atoms with Gasteiger partial charge in [-0.1, -0.05) is 29.3 Å². The highest BCUT2D eigenvalue weighted by Gasteiger charge is 2.16. The predicted molar refractivity (Wildman–Crippen MR) is 134 cm³/mol. The minimum absolute atomic E-state index is 0.0939. The lowest BCUT2D eigenvalue weighted by Crippen LogP contribution is -2.22. The Morgan fingerprint density at radius 3 is 2.37 bits per heavy atom. The number of halogens is 3. The first-order chi connectivity index (χ1) is 14.3. The molecule has 0 radical (unpaired) electrons. The first kappa shape index (κ1) is 22.9. The molecule has 0 saturated carbocycles. The average Bonchev–Trinajstić information content (AvgIpc) is 2.69. The SMILES string of the molecule is CC(Sc1cccc(NC(=O)c2ccc(Cl)cc2Cl)c1)C(=O)Nc1ccc(I)cc1. The van der Waals surface area contributed by atoms with Gasteiger partial charge in [0.1, 0.15) is 0 Å². The summed E-state index contributed by atoms with van der Waals surface area (Å²) in [6.07, 6.45) is 0. The molecule has 154 valence electrons. The number of hydrogen-bond acceptors (Lipinski definition) is 3. The highest BCUT2D eigenvalue weighted by molar-refractivity contribution is 14.1. The van der Waals surface area contributed by atoms with Crippen LogP contribution in [0, 0.1) is 3.57 Å². The third-order valence-corrected chi connectivity index (χ3v) is 6.42.